The van der Waals surface area contributed by atoms with E-state index >= 15 is 0 Å². The Morgan fingerprint density at radius 1 is 0.788 bits per heavy atom. The molecule has 0 atom stereocenters. The predicted molar refractivity (Wildman–Crippen MR) is 109 cm³/mol. The van der Waals surface area contributed by atoms with E-state index in [1.165, 1.54) is 4.57 Å². The maximum atomic E-state index is 13.3. The third-order valence-corrected chi connectivity index (χ3v) is 5.10. The second-order valence-corrected chi connectivity index (χ2v) is 7.35. The van der Waals surface area contributed by atoms with Crippen molar-refractivity contribution < 1.29 is 26.3 Å². The summed E-state index contributed by atoms with van der Waals surface area (Å²) in [5.74, 6) is 0.228. The average molecular weight is 462 g/mol. The molecule has 10 heteroatoms. The zero-order valence-corrected chi connectivity index (χ0v) is 17.1. The van der Waals surface area contributed by atoms with Gasteiger partial charge in [0, 0.05) is 18.0 Å². The van der Waals surface area contributed by atoms with Gasteiger partial charge >= 0.3 is 12.4 Å². The van der Waals surface area contributed by atoms with E-state index in [1.54, 1.807) is 25.4 Å². The number of hydrogen-bond acceptors (Lipinski definition) is 3. The van der Waals surface area contributed by atoms with Crippen LogP contribution in [-0.2, 0) is 18.9 Å². The van der Waals surface area contributed by atoms with Crippen molar-refractivity contribution in [3.63, 3.8) is 0 Å². The van der Waals surface area contributed by atoms with E-state index in [2.05, 4.69) is 15.2 Å². The van der Waals surface area contributed by atoms with Crippen molar-refractivity contribution in [2.45, 2.75) is 25.8 Å². The first-order valence-corrected chi connectivity index (χ1v) is 9.72. The summed E-state index contributed by atoms with van der Waals surface area (Å²) < 4.78 is 81.4. The molecule has 4 aromatic rings. The number of nitrogens with zero attached hydrogens (tertiary/aromatic N) is 4. The maximum Gasteiger partial charge on any atom is 0.416 e. The van der Waals surface area contributed by atoms with Crippen molar-refractivity contribution in [2.24, 2.45) is 0 Å². The normalized spacial score (nSPS) is 12.2. The molecule has 0 aliphatic heterocycles. The minimum Gasteiger partial charge on any atom is -0.307 e. The maximum absolute atomic E-state index is 13.3. The van der Waals surface area contributed by atoms with E-state index in [0.717, 1.165) is 11.1 Å². The molecule has 0 saturated heterocycles. The molecule has 0 radical (unpaired) electrons. The molecule has 2 heterocycles. The molecule has 2 aromatic carbocycles. The van der Waals surface area contributed by atoms with Gasteiger partial charge in [-0.2, -0.15) is 26.3 Å². The van der Waals surface area contributed by atoms with Crippen LogP contribution in [0.25, 0.3) is 22.5 Å². The van der Waals surface area contributed by atoms with Gasteiger partial charge in [0.2, 0.25) is 0 Å². The van der Waals surface area contributed by atoms with Crippen LogP contribution in [0, 0.1) is 6.92 Å². The number of aromatic nitrogens is 4. The van der Waals surface area contributed by atoms with Gasteiger partial charge < -0.3 is 4.57 Å². The molecular formula is C23H16F6N4. The molecule has 0 spiro atoms. The van der Waals surface area contributed by atoms with Gasteiger partial charge in [-0.25, -0.2) is 0 Å². The van der Waals surface area contributed by atoms with Crippen molar-refractivity contribution in [1.82, 2.24) is 19.7 Å². The van der Waals surface area contributed by atoms with Crippen LogP contribution >= 0.6 is 0 Å². The lowest BCUT2D eigenvalue weighted by molar-refractivity contribution is -0.143. The Labute approximate surface area is 184 Å². The Kier molecular flexibility index (Phi) is 5.69. The van der Waals surface area contributed by atoms with Gasteiger partial charge in [-0.1, -0.05) is 30.3 Å². The number of aryl methyl sites for hydroxylation is 1. The van der Waals surface area contributed by atoms with E-state index < -0.39 is 23.5 Å². The highest BCUT2D eigenvalue weighted by Crippen LogP contribution is 2.38. The summed E-state index contributed by atoms with van der Waals surface area (Å²) >= 11 is 0. The zero-order valence-electron chi connectivity index (χ0n) is 17.1. The summed E-state index contributed by atoms with van der Waals surface area (Å²) in [5, 5.41) is 7.79. The molecule has 170 valence electrons. The summed E-state index contributed by atoms with van der Waals surface area (Å²) in [4.78, 5) is 4.12. The lowest BCUT2D eigenvalue weighted by Crippen LogP contribution is -2.12. The second-order valence-electron chi connectivity index (χ2n) is 7.35. The Hall–Kier alpha value is -3.69. The molecule has 0 aliphatic carbocycles. The molecular weight excluding hydrogens is 446 g/mol. The summed E-state index contributed by atoms with van der Waals surface area (Å²) in [6.07, 6.45) is -6.72. The summed E-state index contributed by atoms with van der Waals surface area (Å²) in [7, 11) is 0. The van der Waals surface area contributed by atoms with Crippen molar-refractivity contribution in [1.29, 1.82) is 0 Å². The minimum absolute atomic E-state index is 0.0890. The number of halogens is 6. The van der Waals surface area contributed by atoms with Crippen LogP contribution in [0.1, 0.15) is 22.5 Å². The van der Waals surface area contributed by atoms with Crippen LogP contribution in [0.4, 0.5) is 26.3 Å². The largest absolute Gasteiger partial charge is 0.416 e. The molecule has 4 rings (SSSR count). The van der Waals surface area contributed by atoms with Crippen molar-refractivity contribution in [3.05, 3.63) is 89.5 Å². The number of alkyl halides is 6. The lowest BCUT2D eigenvalue weighted by atomic mass is 10.0. The van der Waals surface area contributed by atoms with E-state index in [1.807, 2.05) is 30.3 Å². The number of rotatable bonds is 4. The first-order valence-electron chi connectivity index (χ1n) is 9.72. The topological polar surface area (TPSA) is 43.6 Å². The van der Waals surface area contributed by atoms with Gasteiger partial charge in [0.1, 0.15) is 5.82 Å². The minimum atomic E-state index is -4.96. The molecule has 0 saturated carbocycles. The molecule has 4 nitrogen and oxygen atoms in total. The molecule has 0 amide bonds. The van der Waals surface area contributed by atoms with Crippen LogP contribution in [-0.4, -0.2) is 19.7 Å². The molecule has 0 fully saturated rings. The van der Waals surface area contributed by atoms with Gasteiger partial charge in [-0.05, 0) is 47.9 Å². The number of benzene rings is 2. The Bertz CT molecular complexity index is 1240. The summed E-state index contributed by atoms with van der Waals surface area (Å²) in [6.45, 7) is 1.68. The molecule has 0 N–H and O–H groups in total. The first kappa shape index (κ1) is 22.5. The zero-order chi connectivity index (χ0) is 23.8. The van der Waals surface area contributed by atoms with Gasteiger partial charge in [0.15, 0.2) is 5.82 Å². The van der Waals surface area contributed by atoms with E-state index in [-0.39, 0.29) is 24.0 Å². The highest BCUT2D eigenvalue weighted by molar-refractivity contribution is 5.67. The van der Waals surface area contributed by atoms with Gasteiger partial charge in [-0.15, -0.1) is 10.2 Å². The summed E-state index contributed by atoms with van der Waals surface area (Å²) in [6, 6.07) is 12.5. The lowest BCUT2D eigenvalue weighted by Gasteiger charge is -2.16. The fraction of sp³-hybridized carbons (Fsp3) is 0.174. The highest BCUT2D eigenvalue weighted by atomic mass is 19.4. The first-order chi connectivity index (χ1) is 15.5. The summed E-state index contributed by atoms with van der Waals surface area (Å²) in [5.41, 5.74) is -0.735. The number of pyridine rings is 1. The van der Waals surface area contributed by atoms with Crippen molar-refractivity contribution in [2.75, 3.05) is 0 Å². The average Bonchev–Trinajstić information content (AvgIpc) is 3.13. The number of hydrogen-bond donors (Lipinski definition) is 0. The monoisotopic (exact) mass is 462 g/mol. The third-order valence-electron chi connectivity index (χ3n) is 5.10. The van der Waals surface area contributed by atoms with Crippen LogP contribution in [0.15, 0.2) is 67.0 Å². The van der Waals surface area contributed by atoms with E-state index in [4.69, 9.17) is 0 Å². The van der Waals surface area contributed by atoms with Crippen LogP contribution < -0.4 is 0 Å². The Balaban J connectivity index is 1.83. The van der Waals surface area contributed by atoms with Crippen LogP contribution in [0.2, 0.25) is 0 Å². The third kappa shape index (κ3) is 4.74. The molecule has 33 heavy (non-hydrogen) atoms. The fourth-order valence-electron chi connectivity index (χ4n) is 3.49. The van der Waals surface area contributed by atoms with Crippen LogP contribution in [0.5, 0.6) is 0 Å². The standard InChI is InChI=1S/C23H16F6N4/c1-14-31-32-21(16-9-18(22(24,25)26)11-19(10-16)23(27,28)29)33(14)13-17-12-30-8-7-20(17)15-5-3-2-4-6-15/h2-12H,13H2,1H3. The molecule has 0 aliphatic rings. The van der Waals surface area contributed by atoms with Gasteiger partial charge in [-0.3, -0.25) is 4.98 Å². The van der Waals surface area contributed by atoms with Crippen molar-refractivity contribution in [3.8, 4) is 22.5 Å². The van der Waals surface area contributed by atoms with Gasteiger partial charge in [0.25, 0.3) is 0 Å². The highest BCUT2D eigenvalue weighted by Gasteiger charge is 2.37. The Morgan fingerprint density at radius 3 is 2.03 bits per heavy atom. The Morgan fingerprint density at radius 2 is 1.42 bits per heavy atom. The second kappa shape index (κ2) is 8.34. The smallest absolute Gasteiger partial charge is 0.307 e. The predicted octanol–water partition coefficient (Wildman–Crippen LogP) is 6.40. The van der Waals surface area contributed by atoms with Crippen LogP contribution in [0.3, 0.4) is 0 Å². The molecule has 0 unspecified atom stereocenters. The SMILES string of the molecule is Cc1nnc(-c2cc(C(F)(F)F)cc(C(F)(F)F)c2)n1Cc1cnccc1-c1ccccc1. The molecule has 0 bridgehead atoms. The fourth-order valence-corrected chi connectivity index (χ4v) is 3.49. The van der Waals surface area contributed by atoms with E-state index in [9.17, 15) is 26.3 Å². The van der Waals surface area contributed by atoms with Gasteiger partial charge in [0.05, 0.1) is 17.7 Å². The van der Waals surface area contributed by atoms with E-state index in [0.29, 0.717) is 23.5 Å². The van der Waals surface area contributed by atoms with Crippen molar-refractivity contribution >= 4 is 0 Å². The molecule has 2 aromatic heterocycles. The quantitative estimate of drug-likeness (QED) is 0.330.